The Bertz CT molecular complexity index is 344. The van der Waals surface area contributed by atoms with E-state index in [9.17, 15) is 4.79 Å². The fraction of sp³-hybridized carbons (Fsp3) is 0.643. The highest BCUT2D eigenvalue weighted by Gasteiger charge is 2.34. The second-order valence-corrected chi connectivity index (χ2v) is 5.27. The van der Waals surface area contributed by atoms with Crippen molar-refractivity contribution in [2.24, 2.45) is 11.8 Å². The summed E-state index contributed by atoms with van der Waals surface area (Å²) in [5, 5.41) is 0. The molecule has 0 heterocycles. The van der Waals surface area contributed by atoms with Crippen LogP contribution in [0.3, 0.4) is 0 Å². The summed E-state index contributed by atoms with van der Waals surface area (Å²) in [6.07, 6.45) is 8.67. The maximum Gasteiger partial charge on any atom is 0.189 e. The Hall–Kier alpha value is -0.930. The van der Waals surface area contributed by atoms with Crippen LogP contribution in [0.5, 0.6) is 0 Å². The van der Waals surface area contributed by atoms with Gasteiger partial charge in [0.1, 0.15) is 6.10 Å². The molecule has 17 heavy (non-hydrogen) atoms. The Balaban J connectivity index is 1.90. The van der Waals surface area contributed by atoms with Crippen molar-refractivity contribution in [1.82, 2.24) is 5.48 Å². The number of carbonyl (C=O) groups is 1. The largest absolute Gasteiger partial charge is 0.291 e. The average Bonchev–Trinajstić information content (AvgIpc) is 2.32. The van der Waals surface area contributed by atoms with Crippen molar-refractivity contribution in [3.63, 3.8) is 0 Å². The van der Waals surface area contributed by atoms with Crippen LogP contribution in [0.2, 0.25) is 0 Å². The summed E-state index contributed by atoms with van der Waals surface area (Å²) in [5.41, 5.74) is 3.87. The molecular weight excluding hydrogens is 214 g/mol. The van der Waals surface area contributed by atoms with E-state index in [1.54, 1.807) is 0 Å². The maximum atomic E-state index is 12.2. The van der Waals surface area contributed by atoms with E-state index in [1.165, 1.54) is 0 Å². The SMILES string of the molecule is CC(C)CNOC1CCC2CC=CC=C2C1=O. The van der Waals surface area contributed by atoms with E-state index in [1.807, 2.05) is 12.2 Å². The number of hydrogen-bond donors (Lipinski definition) is 1. The van der Waals surface area contributed by atoms with Crippen molar-refractivity contribution in [3.05, 3.63) is 23.8 Å². The van der Waals surface area contributed by atoms with Gasteiger partial charge in [-0.05, 0) is 31.1 Å². The predicted molar refractivity (Wildman–Crippen MR) is 67.3 cm³/mol. The first-order chi connectivity index (χ1) is 8.18. The van der Waals surface area contributed by atoms with Gasteiger partial charge in [-0.15, -0.1) is 0 Å². The molecule has 0 spiro atoms. The predicted octanol–water partition coefficient (Wildman–Crippen LogP) is 2.40. The van der Waals surface area contributed by atoms with Gasteiger partial charge in [0.25, 0.3) is 0 Å². The van der Waals surface area contributed by atoms with Crippen molar-refractivity contribution in [2.75, 3.05) is 6.54 Å². The molecule has 0 aromatic heterocycles. The van der Waals surface area contributed by atoms with E-state index in [-0.39, 0.29) is 11.9 Å². The number of rotatable bonds is 4. The van der Waals surface area contributed by atoms with Gasteiger partial charge in [0.2, 0.25) is 0 Å². The fourth-order valence-corrected chi connectivity index (χ4v) is 2.33. The Morgan fingerprint density at radius 1 is 1.47 bits per heavy atom. The number of nitrogens with one attached hydrogen (secondary N) is 1. The van der Waals surface area contributed by atoms with Crippen LogP contribution in [0, 0.1) is 11.8 Å². The number of fused-ring (bicyclic) bond motifs is 1. The van der Waals surface area contributed by atoms with Crippen molar-refractivity contribution in [1.29, 1.82) is 0 Å². The molecule has 2 atom stereocenters. The molecule has 3 heteroatoms. The molecule has 1 fully saturated rings. The van der Waals surface area contributed by atoms with E-state index in [2.05, 4.69) is 25.4 Å². The number of carbonyl (C=O) groups excluding carboxylic acids is 1. The molecule has 0 aromatic rings. The van der Waals surface area contributed by atoms with Crippen molar-refractivity contribution in [3.8, 4) is 0 Å². The number of ketones is 1. The standard InChI is InChI=1S/C14H21NO2/c1-10(2)9-15-17-13-8-7-11-5-3-4-6-12(11)14(13)16/h3-4,6,10-11,13,15H,5,7-9H2,1-2H3. The Kier molecular flexibility index (Phi) is 4.13. The monoisotopic (exact) mass is 235 g/mol. The Labute approximate surface area is 103 Å². The molecule has 1 saturated carbocycles. The van der Waals surface area contributed by atoms with Crippen LogP contribution in [0.4, 0.5) is 0 Å². The first kappa shape index (κ1) is 12.5. The lowest BCUT2D eigenvalue weighted by molar-refractivity contribution is -0.136. The third-order valence-electron chi connectivity index (χ3n) is 3.34. The summed E-state index contributed by atoms with van der Waals surface area (Å²) < 4.78 is 0. The highest BCUT2D eigenvalue weighted by molar-refractivity contribution is 6.00. The smallest absolute Gasteiger partial charge is 0.189 e. The zero-order valence-corrected chi connectivity index (χ0v) is 10.6. The van der Waals surface area contributed by atoms with Gasteiger partial charge in [0.15, 0.2) is 5.78 Å². The highest BCUT2D eigenvalue weighted by Crippen LogP contribution is 2.33. The minimum absolute atomic E-state index is 0.168. The number of hydrogen-bond acceptors (Lipinski definition) is 3. The zero-order chi connectivity index (χ0) is 12.3. The summed E-state index contributed by atoms with van der Waals surface area (Å²) in [5.74, 6) is 1.12. The highest BCUT2D eigenvalue weighted by atomic mass is 16.7. The molecule has 2 aliphatic carbocycles. The molecule has 0 radical (unpaired) electrons. The quantitative estimate of drug-likeness (QED) is 0.760. The summed E-state index contributed by atoms with van der Waals surface area (Å²) >= 11 is 0. The lowest BCUT2D eigenvalue weighted by atomic mass is 9.78. The third-order valence-corrected chi connectivity index (χ3v) is 3.34. The van der Waals surface area contributed by atoms with Gasteiger partial charge in [0, 0.05) is 12.1 Å². The Morgan fingerprint density at radius 2 is 2.29 bits per heavy atom. The molecule has 0 amide bonds. The van der Waals surface area contributed by atoms with Crippen LogP contribution in [0.15, 0.2) is 23.8 Å². The van der Waals surface area contributed by atoms with Gasteiger partial charge >= 0.3 is 0 Å². The molecule has 94 valence electrons. The minimum atomic E-state index is -0.289. The summed E-state index contributed by atoms with van der Waals surface area (Å²) in [6.45, 7) is 5.01. The molecule has 2 aliphatic rings. The van der Waals surface area contributed by atoms with E-state index >= 15 is 0 Å². The fourth-order valence-electron chi connectivity index (χ4n) is 2.33. The van der Waals surface area contributed by atoms with Crippen molar-refractivity contribution in [2.45, 2.75) is 39.2 Å². The van der Waals surface area contributed by atoms with Crippen LogP contribution in [0.25, 0.3) is 0 Å². The minimum Gasteiger partial charge on any atom is -0.291 e. The summed E-state index contributed by atoms with van der Waals surface area (Å²) in [4.78, 5) is 17.7. The first-order valence-corrected chi connectivity index (χ1v) is 6.48. The van der Waals surface area contributed by atoms with E-state index in [4.69, 9.17) is 4.84 Å². The van der Waals surface area contributed by atoms with Gasteiger partial charge in [-0.3, -0.25) is 9.63 Å². The van der Waals surface area contributed by atoms with Gasteiger partial charge in [0.05, 0.1) is 0 Å². The van der Waals surface area contributed by atoms with Crippen molar-refractivity contribution < 1.29 is 9.63 Å². The lowest BCUT2D eigenvalue weighted by Crippen LogP contribution is -2.38. The molecule has 2 rings (SSSR count). The average molecular weight is 235 g/mol. The Morgan fingerprint density at radius 3 is 3.06 bits per heavy atom. The topological polar surface area (TPSA) is 38.3 Å². The van der Waals surface area contributed by atoms with Gasteiger partial charge in [-0.25, -0.2) is 5.48 Å². The molecule has 0 bridgehead atoms. The number of Topliss-reactive ketones (excluding diaryl/α,β-unsaturated/α-hetero) is 1. The van der Waals surface area contributed by atoms with Crippen LogP contribution in [-0.2, 0) is 9.63 Å². The molecule has 0 aromatic carbocycles. The van der Waals surface area contributed by atoms with Gasteiger partial charge in [-0.2, -0.15) is 0 Å². The molecule has 2 unspecified atom stereocenters. The normalized spacial score (nSPS) is 28.2. The van der Waals surface area contributed by atoms with E-state index < -0.39 is 0 Å². The van der Waals surface area contributed by atoms with E-state index in [0.29, 0.717) is 11.8 Å². The first-order valence-electron chi connectivity index (χ1n) is 6.48. The maximum absolute atomic E-state index is 12.2. The lowest BCUT2D eigenvalue weighted by Gasteiger charge is -2.30. The number of allylic oxidation sites excluding steroid dienone is 3. The van der Waals surface area contributed by atoms with Gasteiger partial charge in [-0.1, -0.05) is 32.1 Å². The van der Waals surface area contributed by atoms with Crippen LogP contribution in [-0.4, -0.2) is 18.4 Å². The number of hydroxylamine groups is 1. The van der Waals surface area contributed by atoms with Gasteiger partial charge < -0.3 is 0 Å². The van der Waals surface area contributed by atoms with Crippen molar-refractivity contribution >= 4 is 5.78 Å². The van der Waals surface area contributed by atoms with E-state index in [0.717, 1.165) is 31.4 Å². The van der Waals surface area contributed by atoms with Crippen LogP contribution < -0.4 is 5.48 Å². The molecular formula is C14H21NO2. The van der Waals surface area contributed by atoms with Crippen LogP contribution >= 0.6 is 0 Å². The second-order valence-electron chi connectivity index (χ2n) is 5.27. The summed E-state index contributed by atoms with van der Waals surface area (Å²) in [7, 11) is 0. The molecule has 0 saturated heterocycles. The molecule has 1 N–H and O–H groups in total. The second kappa shape index (κ2) is 5.61. The third kappa shape index (κ3) is 3.05. The zero-order valence-electron chi connectivity index (χ0n) is 10.6. The molecule has 0 aliphatic heterocycles. The summed E-state index contributed by atoms with van der Waals surface area (Å²) in [6, 6.07) is 0. The van der Waals surface area contributed by atoms with Crippen LogP contribution in [0.1, 0.15) is 33.1 Å². The molecule has 3 nitrogen and oxygen atoms in total.